The summed E-state index contributed by atoms with van der Waals surface area (Å²) in [6.07, 6.45) is 0.813. The number of hydrogen-bond donors (Lipinski definition) is 1. The number of rotatable bonds is 8. The number of carbonyl (C=O) groups excluding carboxylic acids is 1. The van der Waals surface area contributed by atoms with Gasteiger partial charge >= 0.3 is 5.97 Å². The molecule has 0 aliphatic carbocycles. The molecular weight excluding hydrogens is 406 g/mol. The zero-order valence-electron chi connectivity index (χ0n) is 15.9. The minimum atomic E-state index is -0.761. The molecule has 28 heavy (non-hydrogen) atoms. The lowest BCUT2D eigenvalue weighted by molar-refractivity contribution is -0.384. The van der Waals surface area contributed by atoms with Crippen LogP contribution in [0.2, 0.25) is 5.02 Å². The van der Waals surface area contributed by atoms with Crippen molar-refractivity contribution >= 4 is 40.6 Å². The number of nitro groups is 1. The number of halogens is 1. The number of carbonyl (C=O) groups is 1. The fraction of sp³-hybridized carbons (Fsp3) is 0.444. The van der Waals surface area contributed by atoms with Gasteiger partial charge < -0.3 is 19.7 Å². The first kappa shape index (κ1) is 22.1. The highest BCUT2D eigenvalue weighted by molar-refractivity contribution is 7.80. The van der Waals surface area contributed by atoms with Gasteiger partial charge in [0, 0.05) is 42.1 Å². The number of non-ortho nitro benzene ring substituents is 1. The number of ether oxygens (including phenoxy) is 2. The summed E-state index contributed by atoms with van der Waals surface area (Å²) in [6, 6.07) is 3.32. The summed E-state index contributed by atoms with van der Waals surface area (Å²) in [5, 5.41) is 15.0. The first-order valence-corrected chi connectivity index (χ1v) is 9.49. The fourth-order valence-corrected chi connectivity index (χ4v) is 3.51. The van der Waals surface area contributed by atoms with Crippen molar-refractivity contribution in [1.29, 1.82) is 0 Å². The molecule has 0 radical (unpaired) electrons. The van der Waals surface area contributed by atoms with Crippen molar-refractivity contribution in [3.05, 3.63) is 50.2 Å². The highest BCUT2D eigenvalue weighted by Gasteiger charge is 2.36. The Kier molecular flexibility index (Phi) is 7.73. The number of nitro benzene ring substituents is 1. The van der Waals surface area contributed by atoms with Gasteiger partial charge in [-0.3, -0.25) is 10.1 Å². The van der Waals surface area contributed by atoms with Crippen LogP contribution in [0.5, 0.6) is 0 Å². The quantitative estimate of drug-likeness (QED) is 0.222. The van der Waals surface area contributed by atoms with Gasteiger partial charge in [-0.15, -0.1) is 0 Å². The molecule has 1 aromatic rings. The molecular formula is C18H22ClN3O5S. The third kappa shape index (κ3) is 4.78. The molecule has 0 fully saturated rings. The molecule has 0 bridgehead atoms. The molecule has 1 unspecified atom stereocenters. The molecule has 1 aromatic carbocycles. The molecule has 0 aromatic heterocycles. The molecule has 1 aliphatic rings. The predicted octanol–water partition coefficient (Wildman–Crippen LogP) is 3.35. The zero-order chi connectivity index (χ0) is 20.8. The van der Waals surface area contributed by atoms with E-state index < -0.39 is 16.9 Å². The summed E-state index contributed by atoms with van der Waals surface area (Å²) in [4.78, 5) is 25.3. The first-order chi connectivity index (χ1) is 13.3. The summed E-state index contributed by atoms with van der Waals surface area (Å²) in [5.41, 5.74) is 1.18. The van der Waals surface area contributed by atoms with Crippen LogP contribution in [0.25, 0.3) is 0 Å². The van der Waals surface area contributed by atoms with E-state index >= 15 is 0 Å². The van der Waals surface area contributed by atoms with Gasteiger partial charge in [-0.25, -0.2) is 4.79 Å². The molecule has 8 nitrogen and oxygen atoms in total. The molecule has 1 N–H and O–H groups in total. The Balaban J connectivity index is 2.54. The number of methoxy groups -OCH3 is 1. The van der Waals surface area contributed by atoms with E-state index in [1.165, 1.54) is 25.3 Å². The van der Waals surface area contributed by atoms with Crippen molar-refractivity contribution in [3.8, 4) is 0 Å². The fourth-order valence-electron chi connectivity index (χ4n) is 2.93. The second-order valence-corrected chi connectivity index (χ2v) is 6.92. The SMILES string of the molecule is CCCN1C(=S)NC(c2cc([N+](=O)[O-])ccc2Cl)C(C(=O)OCCOC)=C1C. The maximum atomic E-state index is 12.8. The number of hydrogen-bond acceptors (Lipinski definition) is 6. The lowest BCUT2D eigenvalue weighted by atomic mass is 9.94. The normalized spacial score (nSPS) is 16.8. The van der Waals surface area contributed by atoms with E-state index in [0.717, 1.165) is 6.42 Å². The van der Waals surface area contributed by atoms with E-state index in [-0.39, 0.29) is 23.9 Å². The van der Waals surface area contributed by atoms with Gasteiger partial charge in [-0.05, 0) is 31.6 Å². The summed E-state index contributed by atoms with van der Waals surface area (Å²) >= 11 is 11.8. The number of nitrogens with one attached hydrogen (secondary N) is 1. The van der Waals surface area contributed by atoms with Crippen LogP contribution in [0.15, 0.2) is 29.5 Å². The number of allylic oxidation sites excluding steroid dienone is 1. The molecule has 0 saturated carbocycles. The van der Waals surface area contributed by atoms with Crippen LogP contribution in [0.4, 0.5) is 5.69 Å². The number of nitrogens with zero attached hydrogens (tertiary/aromatic N) is 2. The Hall–Kier alpha value is -2.23. The zero-order valence-corrected chi connectivity index (χ0v) is 17.4. The van der Waals surface area contributed by atoms with Gasteiger partial charge in [0.1, 0.15) is 6.61 Å². The van der Waals surface area contributed by atoms with Crippen LogP contribution in [-0.2, 0) is 14.3 Å². The van der Waals surface area contributed by atoms with Crippen LogP contribution in [0, 0.1) is 10.1 Å². The Bertz CT molecular complexity index is 814. The lowest BCUT2D eigenvalue weighted by Crippen LogP contribution is -2.48. The number of benzene rings is 1. The summed E-state index contributed by atoms with van der Waals surface area (Å²) in [5.74, 6) is -0.557. The Morgan fingerprint density at radius 3 is 2.75 bits per heavy atom. The molecule has 0 spiro atoms. The van der Waals surface area contributed by atoms with Crippen LogP contribution in [0.1, 0.15) is 31.9 Å². The van der Waals surface area contributed by atoms with Crippen molar-refractivity contribution in [2.75, 3.05) is 26.9 Å². The van der Waals surface area contributed by atoms with E-state index in [0.29, 0.717) is 28.5 Å². The van der Waals surface area contributed by atoms with E-state index in [1.807, 2.05) is 11.8 Å². The second kappa shape index (κ2) is 9.81. The van der Waals surface area contributed by atoms with Gasteiger partial charge in [0.15, 0.2) is 5.11 Å². The van der Waals surface area contributed by atoms with Crippen LogP contribution in [0.3, 0.4) is 0 Å². The predicted molar refractivity (Wildman–Crippen MR) is 109 cm³/mol. The average Bonchev–Trinajstić information content (AvgIpc) is 2.65. The third-order valence-corrected chi connectivity index (χ3v) is 4.97. The molecule has 0 amide bonds. The molecule has 0 saturated heterocycles. The Morgan fingerprint density at radius 1 is 1.43 bits per heavy atom. The van der Waals surface area contributed by atoms with Crippen molar-refractivity contribution < 1.29 is 19.2 Å². The number of esters is 1. The van der Waals surface area contributed by atoms with Crippen molar-refractivity contribution in [2.45, 2.75) is 26.3 Å². The van der Waals surface area contributed by atoms with Gasteiger partial charge in [0.25, 0.3) is 5.69 Å². The van der Waals surface area contributed by atoms with E-state index in [1.54, 1.807) is 6.92 Å². The molecule has 1 atom stereocenters. The minimum Gasteiger partial charge on any atom is -0.460 e. The van der Waals surface area contributed by atoms with E-state index in [2.05, 4.69) is 5.32 Å². The van der Waals surface area contributed by atoms with Crippen LogP contribution >= 0.6 is 23.8 Å². The van der Waals surface area contributed by atoms with Gasteiger partial charge in [0.2, 0.25) is 0 Å². The third-order valence-electron chi connectivity index (χ3n) is 4.29. The highest BCUT2D eigenvalue weighted by Crippen LogP contribution is 2.36. The van der Waals surface area contributed by atoms with Gasteiger partial charge in [-0.1, -0.05) is 18.5 Å². The Morgan fingerprint density at radius 2 is 2.14 bits per heavy atom. The maximum absolute atomic E-state index is 12.8. The molecule has 1 heterocycles. The van der Waals surface area contributed by atoms with Gasteiger partial charge in [-0.2, -0.15) is 0 Å². The lowest BCUT2D eigenvalue weighted by Gasteiger charge is -2.37. The summed E-state index contributed by atoms with van der Waals surface area (Å²) < 4.78 is 10.2. The van der Waals surface area contributed by atoms with E-state index in [4.69, 9.17) is 33.3 Å². The maximum Gasteiger partial charge on any atom is 0.338 e. The summed E-state index contributed by atoms with van der Waals surface area (Å²) in [7, 11) is 1.51. The van der Waals surface area contributed by atoms with Gasteiger partial charge in [0.05, 0.1) is 23.1 Å². The monoisotopic (exact) mass is 427 g/mol. The van der Waals surface area contributed by atoms with Crippen molar-refractivity contribution in [2.24, 2.45) is 0 Å². The van der Waals surface area contributed by atoms with Crippen molar-refractivity contribution in [1.82, 2.24) is 10.2 Å². The number of thiocarbonyl (C=S) groups is 1. The first-order valence-electron chi connectivity index (χ1n) is 8.70. The highest BCUT2D eigenvalue weighted by atomic mass is 35.5. The largest absolute Gasteiger partial charge is 0.460 e. The topological polar surface area (TPSA) is 93.9 Å². The minimum absolute atomic E-state index is 0.0831. The smallest absolute Gasteiger partial charge is 0.338 e. The molecule has 2 rings (SSSR count). The molecule has 1 aliphatic heterocycles. The summed E-state index contributed by atoms with van der Waals surface area (Å²) in [6.45, 7) is 4.72. The van der Waals surface area contributed by atoms with Crippen LogP contribution < -0.4 is 5.32 Å². The second-order valence-electron chi connectivity index (χ2n) is 6.12. The van der Waals surface area contributed by atoms with Crippen molar-refractivity contribution in [3.63, 3.8) is 0 Å². The standard InChI is InChI=1S/C18H22ClN3O5S/c1-4-7-21-11(2)15(17(23)27-9-8-26-3)16(20-18(21)28)13-10-12(22(24)25)5-6-14(13)19/h5-6,10,16H,4,7-9H2,1-3H3,(H,20,28). The van der Waals surface area contributed by atoms with E-state index in [9.17, 15) is 14.9 Å². The average molecular weight is 428 g/mol. The Labute approximate surface area is 173 Å². The van der Waals surface area contributed by atoms with Crippen LogP contribution in [-0.4, -0.2) is 47.8 Å². The molecule has 152 valence electrons. The molecule has 10 heteroatoms.